The normalized spacial score (nSPS) is 23.3. The second-order valence-corrected chi connectivity index (χ2v) is 6.82. The molecule has 0 spiro atoms. The lowest BCUT2D eigenvalue weighted by atomic mass is 10.0. The van der Waals surface area contributed by atoms with Crippen molar-refractivity contribution in [2.24, 2.45) is 0 Å². The van der Waals surface area contributed by atoms with Crippen LogP contribution in [0.3, 0.4) is 0 Å². The fourth-order valence-corrected chi connectivity index (χ4v) is 4.24. The van der Waals surface area contributed by atoms with Crippen LogP contribution in [-0.2, 0) is 0 Å². The molecule has 120 valence electrons. The first kappa shape index (κ1) is 14.4. The van der Waals surface area contributed by atoms with Crippen molar-refractivity contribution in [3.63, 3.8) is 0 Å². The molecule has 0 amide bonds. The lowest BCUT2D eigenvalue weighted by Gasteiger charge is -2.19. The number of aromatic nitrogens is 2. The van der Waals surface area contributed by atoms with E-state index < -0.39 is 0 Å². The maximum atomic E-state index is 9.90. The van der Waals surface area contributed by atoms with Crippen molar-refractivity contribution in [2.45, 2.75) is 18.3 Å². The summed E-state index contributed by atoms with van der Waals surface area (Å²) in [5, 5.41) is 16.5. The number of hydrogen-bond donors (Lipinski definition) is 3. The minimum Gasteiger partial charge on any atom is -0.512 e. The van der Waals surface area contributed by atoms with Crippen molar-refractivity contribution >= 4 is 23.4 Å². The number of anilines is 1. The van der Waals surface area contributed by atoms with E-state index >= 15 is 0 Å². The molecule has 0 radical (unpaired) electrons. The highest BCUT2D eigenvalue weighted by atomic mass is 32.2. The summed E-state index contributed by atoms with van der Waals surface area (Å²) >= 11 is 1.89. The number of nitrogens with zero attached hydrogens (tertiary/aromatic N) is 3. The third-order valence-corrected chi connectivity index (χ3v) is 5.29. The number of hydrogen-bond acceptors (Lipinski definition) is 7. The number of allylic oxidation sites excluding steroid dienone is 3. The summed E-state index contributed by atoms with van der Waals surface area (Å²) in [6.45, 7) is 0.989. The summed E-state index contributed by atoms with van der Waals surface area (Å²) in [5.41, 5.74) is 4.33. The average molecular weight is 329 g/mol. The summed E-state index contributed by atoms with van der Waals surface area (Å²) in [7, 11) is 1.82. The molecule has 6 nitrogen and oxygen atoms in total. The number of nitrogens with one attached hydrogen (secondary N) is 2. The molecule has 0 saturated carbocycles. The van der Waals surface area contributed by atoms with Crippen molar-refractivity contribution in [3.05, 3.63) is 47.1 Å². The van der Waals surface area contributed by atoms with E-state index in [0.29, 0.717) is 18.1 Å². The minimum absolute atomic E-state index is 0.242. The predicted octanol–water partition coefficient (Wildman–Crippen LogP) is 2.28. The largest absolute Gasteiger partial charge is 0.512 e. The molecule has 3 aliphatic rings. The summed E-state index contributed by atoms with van der Waals surface area (Å²) in [4.78, 5) is 11.2. The van der Waals surface area contributed by atoms with Gasteiger partial charge in [0, 0.05) is 32.0 Å². The van der Waals surface area contributed by atoms with Crippen LogP contribution < -0.4 is 10.6 Å². The van der Waals surface area contributed by atoms with Crippen molar-refractivity contribution in [1.29, 1.82) is 0 Å². The van der Waals surface area contributed by atoms with Crippen LogP contribution >= 0.6 is 11.8 Å². The number of thioether (sulfide) groups is 1. The van der Waals surface area contributed by atoms with Crippen LogP contribution in [-0.4, -0.2) is 44.8 Å². The zero-order valence-electron chi connectivity index (χ0n) is 12.9. The summed E-state index contributed by atoms with van der Waals surface area (Å²) in [6, 6.07) is 1.94. The van der Waals surface area contributed by atoms with E-state index in [9.17, 15) is 5.11 Å². The van der Waals surface area contributed by atoms with Crippen molar-refractivity contribution in [3.8, 4) is 0 Å². The number of aliphatic hydroxyl groups excluding tert-OH is 1. The lowest BCUT2D eigenvalue weighted by molar-refractivity contribution is 0.386. The SMILES string of the molecule is CNc1nccc(C2=C(C3=CCCC(O)=C3)NC3SCCN23)n1. The quantitative estimate of drug-likeness (QED) is 0.785. The molecule has 1 atom stereocenters. The van der Waals surface area contributed by atoms with Gasteiger partial charge in [0.1, 0.15) is 5.50 Å². The topological polar surface area (TPSA) is 73.3 Å². The van der Waals surface area contributed by atoms with Gasteiger partial charge in [-0.3, -0.25) is 0 Å². The van der Waals surface area contributed by atoms with Crippen LogP contribution in [0.1, 0.15) is 18.5 Å². The molecule has 7 heteroatoms. The third kappa shape index (κ3) is 2.55. The van der Waals surface area contributed by atoms with Gasteiger partial charge in [0.2, 0.25) is 5.95 Å². The van der Waals surface area contributed by atoms with Crippen molar-refractivity contribution < 1.29 is 5.11 Å². The highest BCUT2D eigenvalue weighted by molar-refractivity contribution is 8.00. The predicted molar refractivity (Wildman–Crippen MR) is 92.6 cm³/mol. The first-order valence-corrected chi connectivity index (χ1v) is 8.81. The molecule has 23 heavy (non-hydrogen) atoms. The van der Waals surface area contributed by atoms with Gasteiger partial charge in [-0.2, -0.15) is 0 Å². The average Bonchev–Trinajstić information content (AvgIpc) is 3.15. The highest BCUT2D eigenvalue weighted by Crippen LogP contribution is 2.40. The first-order valence-electron chi connectivity index (χ1n) is 7.76. The van der Waals surface area contributed by atoms with Crippen LogP contribution in [0.4, 0.5) is 5.95 Å². The monoisotopic (exact) mass is 329 g/mol. The van der Waals surface area contributed by atoms with Crippen molar-refractivity contribution in [2.75, 3.05) is 24.7 Å². The zero-order valence-corrected chi connectivity index (χ0v) is 13.7. The van der Waals surface area contributed by atoms with Crippen LogP contribution in [0, 0.1) is 0 Å². The molecule has 0 aromatic carbocycles. The molecule has 1 fully saturated rings. The van der Waals surface area contributed by atoms with E-state index in [1.807, 2.05) is 31.0 Å². The fourth-order valence-electron chi connectivity index (χ4n) is 3.12. The smallest absolute Gasteiger partial charge is 0.222 e. The molecule has 2 aliphatic heterocycles. The Morgan fingerprint density at radius 3 is 3.22 bits per heavy atom. The lowest BCUT2D eigenvalue weighted by Crippen LogP contribution is -2.29. The van der Waals surface area contributed by atoms with Crippen LogP contribution in [0.25, 0.3) is 5.70 Å². The third-order valence-electron chi connectivity index (χ3n) is 4.18. The Morgan fingerprint density at radius 1 is 1.48 bits per heavy atom. The molecule has 1 aromatic rings. The Bertz CT molecular complexity index is 727. The number of aliphatic hydroxyl groups is 1. The van der Waals surface area contributed by atoms with Gasteiger partial charge >= 0.3 is 0 Å². The Labute approximate surface area is 139 Å². The molecule has 3 N–H and O–H groups in total. The van der Waals surface area contributed by atoms with Crippen LogP contribution in [0.2, 0.25) is 0 Å². The van der Waals surface area contributed by atoms with Gasteiger partial charge in [-0.25, -0.2) is 9.97 Å². The van der Waals surface area contributed by atoms with E-state index in [-0.39, 0.29) is 5.50 Å². The number of rotatable bonds is 3. The second kappa shape index (κ2) is 5.81. The van der Waals surface area contributed by atoms with E-state index in [2.05, 4.69) is 31.6 Å². The molecular weight excluding hydrogens is 310 g/mol. The van der Waals surface area contributed by atoms with Crippen LogP contribution in [0.15, 0.2) is 41.4 Å². The van der Waals surface area contributed by atoms with Gasteiger partial charge in [-0.15, -0.1) is 11.8 Å². The zero-order chi connectivity index (χ0) is 15.8. The molecule has 1 aromatic heterocycles. The van der Waals surface area contributed by atoms with Gasteiger partial charge in [0.25, 0.3) is 0 Å². The maximum absolute atomic E-state index is 9.90. The summed E-state index contributed by atoms with van der Waals surface area (Å²) in [5.74, 6) is 2.15. The van der Waals surface area contributed by atoms with Gasteiger partial charge in [0.05, 0.1) is 22.8 Å². The number of fused-ring (bicyclic) bond motifs is 1. The van der Waals surface area contributed by atoms with Crippen LogP contribution in [0.5, 0.6) is 0 Å². The molecule has 1 aliphatic carbocycles. The summed E-state index contributed by atoms with van der Waals surface area (Å²) in [6.07, 6.45) is 7.39. The van der Waals surface area contributed by atoms with Gasteiger partial charge in [-0.05, 0) is 24.1 Å². The minimum atomic E-state index is 0.242. The highest BCUT2D eigenvalue weighted by Gasteiger charge is 2.37. The molecular formula is C16H19N5OS. The second-order valence-electron chi connectivity index (χ2n) is 5.63. The van der Waals surface area contributed by atoms with Gasteiger partial charge in [0.15, 0.2) is 0 Å². The Balaban J connectivity index is 1.82. The van der Waals surface area contributed by atoms with E-state index in [0.717, 1.165) is 41.4 Å². The molecule has 3 heterocycles. The maximum Gasteiger partial charge on any atom is 0.222 e. The Hall–Kier alpha value is -2.15. The van der Waals surface area contributed by atoms with E-state index in [4.69, 9.17) is 0 Å². The molecule has 1 unspecified atom stereocenters. The Kier molecular flexibility index (Phi) is 3.65. The molecule has 0 bridgehead atoms. The van der Waals surface area contributed by atoms with Crippen molar-refractivity contribution in [1.82, 2.24) is 20.2 Å². The van der Waals surface area contributed by atoms with Gasteiger partial charge < -0.3 is 20.6 Å². The van der Waals surface area contributed by atoms with E-state index in [1.165, 1.54) is 0 Å². The standard InChI is InChI=1S/C16H19N5OS/c1-17-15-18-6-5-12(19-15)14-13(10-3-2-4-11(22)9-10)20-16-21(14)7-8-23-16/h3,5-6,9,16,20,22H,2,4,7-8H2,1H3,(H,17,18,19). The molecule has 4 rings (SSSR count). The first-order chi connectivity index (χ1) is 11.3. The fraction of sp³-hybridized carbons (Fsp3) is 0.375. The van der Waals surface area contributed by atoms with Gasteiger partial charge in [-0.1, -0.05) is 6.08 Å². The Morgan fingerprint density at radius 2 is 2.39 bits per heavy atom. The van der Waals surface area contributed by atoms with E-state index in [1.54, 1.807) is 6.20 Å². The molecule has 1 saturated heterocycles. The summed E-state index contributed by atoms with van der Waals surface area (Å²) < 4.78 is 0.